The Labute approximate surface area is 99.2 Å². The lowest BCUT2D eigenvalue weighted by molar-refractivity contribution is -0.167. The van der Waals surface area contributed by atoms with E-state index in [-0.39, 0.29) is 6.10 Å². The molecule has 0 rings (SSSR count). The van der Waals surface area contributed by atoms with Crippen molar-refractivity contribution in [2.24, 2.45) is 5.92 Å². The van der Waals surface area contributed by atoms with Gasteiger partial charge in [0.05, 0.1) is 6.10 Å². The van der Waals surface area contributed by atoms with E-state index in [4.69, 9.17) is 4.74 Å². The van der Waals surface area contributed by atoms with Gasteiger partial charge in [-0.15, -0.1) is 0 Å². The summed E-state index contributed by atoms with van der Waals surface area (Å²) in [7, 11) is 0. The molecule has 0 bridgehead atoms. The molecule has 16 heavy (non-hydrogen) atoms. The lowest BCUT2D eigenvalue weighted by atomic mass is 10.0. The first-order valence-electron chi connectivity index (χ1n) is 6.20. The van der Waals surface area contributed by atoms with Crippen LogP contribution < -0.4 is 0 Å². The van der Waals surface area contributed by atoms with Crippen molar-refractivity contribution in [1.82, 2.24) is 0 Å². The van der Waals surface area contributed by atoms with Crippen LogP contribution in [0.25, 0.3) is 0 Å². The number of aliphatic hydroxyl groups is 1. The molecule has 0 heterocycles. The van der Waals surface area contributed by atoms with Gasteiger partial charge in [0.1, 0.15) is 0 Å². The highest BCUT2D eigenvalue weighted by atomic mass is 16.6. The second-order valence-electron chi connectivity index (χ2n) is 5.22. The Hall–Kier alpha value is -0.570. The SMILES string of the molecule is CCC(C)CCCC(C)OC(=O)C(C)(C)O. The highest BCUT2D eigenvalue weighted by Gasteiger charge is 2.27. The second-order valence-corrected chi connectivity index (χ2v) is 5.22. The Bertz CT molecular complexity index is 206. The van der Waals surface area contributed by atoms with Gasteiger partial charge in [0.15, 0.2) is 5.60 Å². The third kappa shape index (κ3) is 6.83. The highest BCUT2D eigenvalue weighted by Crippen LogP contribution is 2.15. The molecule has 0 aromatic carbocycles. The molecule has 3 nitrogen and oxygen atoms in total. The van der Waals surface area contributed by atoms with Gasteiger partial charge >= 0.3 is 5.97 Å². The van der Waals surface area contributed by atoms with E-state index >= 15 is 0 Å². The molecule has 0 fully saturated rings. The average Bonchev–Trinajstić information content (AvgIpc) is 2.15. The smallest absolute Gasteiger partial charge is 0.337 e. The van der Waals surface area contributed by atoms with E-state index in [1.165, 1.54) is 26.7 Å². The van der Waals surface area contributed by atoms with Crippen LogP contribution in [0.1, 0.15) is 60.3 Å². The molecule has 0 aliphatic heterocycles. The summed E-state index contributed by atoms with van der Waals surface area (Å²) in [4.78, 5) is 11.4. The van der Waals surface area contributed by atoms with Crippen molar-refractivity contribution < 1.29 is 14.6 Å². The Morgan fingerprint density at radius 1 is 1.31 bits per heavy atom. The Morgan fingerprint density at radius 2 is 1.88 bits per heavy atom. The summed E-state index contributed by atoms with van der Waals surface area (Å²) in [6.45, 7) is 9.18. The zero-order valence-electron chi connectivity index (χ0n) is 11.2. The van der Waals surface area contributed by atoms with Crippen LogP contribution in [0, 0.1) is 5.92 Å². The van der Waals surface area contributed by atoms with Crippen LogP contribution in [0.5, 0.6) is 0 Å². The largest absolute Gasteiger partial charge is 0.461 e. The van der Waals surface area contributed by atoms with Gasteiger partial charge in [-0.3, -0.25) is 0 Å². The van der Waals surface area contributed by atoms with E-state index < -0.39 is 11.6 Å². The van der Waals surface area contributed by atoms with Crippen molar-refractivity contribution in [2.45, 2.75) is 72.0 Å². The van der Waals surface area contributed by atoms with Crippen molar-refractivity contribution in [2.75, 3.05) is 0 Å². The van der Waals surface area contributed by atoms with Crippen LogP contribution >= 0.6 is 0 Å². The van der Waals surface area contributed by atoms with Gasteiger partial charge in [-0.1, -0.05) is 26.7 Å². The second kappa shape index (κ2) is 6.89. The maximum atomic E-state index is 11.4. The van der Waals surface area contributed by atoms with E-state index in [1.807, 2.05) is 6.92 Å². The zero-order valence-corrected chi connectivity index (χ0v) is 11.2. The molecule has 0 saturated carbocycles. The first-order chi connectivity index (χ1) is 7.27. The average molecular weight is 230 g/mol. The van der Waals surface area contributed by atoms with E-state index in [0.29, 0.717) is 0 Å². The Balaban J connectivity index is 3.75. The van der Waals surface area contributed by atoms with Crippen LogP contribution in [0.4, 0.5) is 0 Å². The van der Waals surface area contributed by atoms with Gasteiger partial charge < -0.3 is 9.84 Å². The lowest BCUT2D eigenvalue weighted by Gasteiger charge is -2.20. The number of rotatable bonds is 7. The van der Waals surface area contributed by atoms with Crippen LogP contribution in [0.2, 0.25) is 0 Å². The summed E-state index contributed by atoms with van der Waals surface area (Å²) < 4.78 is 5.14. The molecule has 2 atom stereocenters. The van der Waals surface area contributed by atoms with Gasteiger partial charge in [-0.25, -0.2) is 4.79 Å². The first kappa shape index (κ1) is 15.4. The molecule has 0 amide bonds. The van der Waals surface area contributed by atoms with Gasteiger partial charge in [0.25, 0.3) is 0 Å². The summed E-state index contributed by atoms with van der Waals surface area (Å²) in [5.41, 5.74) is -1.38. The molecule has 0 radical (unpaired) electrons. The van der Waals surface area contributed by atoms with Crippen molar-refractivity contribution in [3.8, 4) is 0 Å². The number of carbonyl (C=O) groups excluding carboxylic acids is 1. The molecule has 0 aliphatic rings. The monoisotopic (exact) mass is 230 g/mol. The molecule has 2 unspecified atom stereocenters. The van der Waals surface area contributed by atoms with Crippen LogP contribution in [-0.4, -0.2) is 22.8 Å². The fourth-order valence-electron chi connectivity index (χ4n) is 1.34. The minimum Gasteiger partial charge on any atom is -0.461 e. The fourth-order valence-corrected chi connectivity index (χ4v) is 1.34. The molecule has 0 aliphatic carbocycles. The summed E-state index contributed by atoms with van der Waals surface area (Å²) in [6.07, 6.45) is 4.18. The maximum absolute atomic E-state index is 11.4. The number of ether oxygens (including phenoxy) is 1. The van der Waals surface area contributed by atoms with Crippen LogP contribution in [0.3, 0.4) is 0 Å². The molecule has 3 heteroatoms. The van der Waals surface area contributed by atoms with E-state index in [0.717, 1.165) is 18.8 Å². The molecule has 96 valence electrons. The van der Waals surface area contributed by atoms with Crippen molar-refractivity contribution in [3.63, 3.8) is 0 Å². The Kier molecular flexibility index (Phi) is 6.65. The quantitative estimate of drug-likeness (QED) is 0.684. The number of carbonyl (C=O) groups is 1. The van der Waals surface area contributed by atoms with E-state index in [2.05, 4.69) is 13.8 Å². The zero-order chi connectivity index (χ0) is 12.8. The minimum atomic E-state index is -1.38. The topological polar surface area (TPSA) is 46.5 Å². The molecule has 0 saturated heterocycles. The summed E-state index contributed by atoms with van der Waals surface area (Å²) in [5, 5.41) is 9.41. The fraction of sp³-hybridized carbons (Fsp3) is 0.923. The van der Waals surface area contributed by atoms with Crippen LogP contribution in [-0.2, 0) is 9.53 Å². The normalized spacial score (nSPS) is 15.6. The summed E-state index contributed by atoms with van der Waals surface area (Å²) in [5.74, 6) is 0.195. The standard InChI is InChI=1S/C13H26O3/c1-6-10(2)8-7-9-11(3)16-12(14)13(4,5)15/h10-11,15H,6-9H2,1-5H3. The third-order valence-corrected chi connectivity index (χ3v) is 2.81. The predicted molar refractivity (Wildman–Crippen MR) is 65.2 cm³/mol. The molecule has 1 N–H and O–H groups in total. The van der Waals surface area contributed by atoms with E-state index in [1.54, 1.807) is 0 Å². The Morgan fingerprint density at radius 3 is 2.31 bits per heavy atom. The van der Waals surface area contributed by atoms with Gasteiger partial charge in [-0.05, 0) is 39.5 Å². The molecule has 0 spiro atoms. The molecular formula is C13H26O3. The lowest BCUT2D eigenvalue weighted by Crippen LogP contribution is -2.35. The number of esters is 1. The maximum Gasteiger partial charge on any atom is 0.337 e. The van der Waals surface area contributed by atoms with Gasteiger partial charge in [-0.2, -0.15) is 0 Å². The molecule has 0 aromatic rings. The van der Waals surface area contributed by atoms with Gasteiger partial charge in [0, 0.05) is 0 Å². The molecular weight excluding hydrogens is 204 g/mol. The summed E-state index contributed by atoms with van der Waals surface area (Å²) >= 11 is 0. The molecule has 0 aromatic heterocycles. The number of hydrogen-bond donors (Lipinski definition) is 1. The van der Waals surface area contributed by atoms with Crippen molar-refractivity contribution >= 4 is 5.97 Å². The minimum absolute atomic E-state index is 0.108. The number of hydrogen-bond acceptors (Lipinski definition) is 3. The van der Waals surface area contributed by atoms with Crippen LogP contribution in [0.15, 0.2) is 0 Å². The first-order valence-corrected chi connectivity index (χ1v) is 6.20. The van der Waals surface area contributed by atoms with Crippen molar-refractivity contribution in [1.29, 1.82) is 0 Å². The van der Waals surface area contributed by atoms with Gasteiger partial charge in [0.2, 0.25) is 0 Å². The highest BCUT2D eigenvalue weighted by molar-refractivity contribution is 5.78. The third-order valence-electron chi connectivity index (χ3n) is 2.81. The van der Waals surface area contributed by atoms with Crippen molar-refractivity contribution in [3.05, 3.63) is 0 Å². The summed E-state index contributed by atoms with van der Waals surface area (Å²) in [6, 6.07) is 0. The predicted octanol–water partition coefficient (Wildman–Crippen LogP) is 2.91. The van der Waals surface area contributed by atoms with E-state index in [9.17, 15) is 9.90 Å².